The largest absolute Gasteiger partial charge is 0.347 e. The van der Waals surface area contributed by atoms with E-state index in [4.69, 9.17) is 0 Å². The summed E-state index contributed by atoms with van der Waals surface area (Å²) in [5, 5.41) is 12.5. The molecular weight excluding hydrogens is 464 g/mol. The Hall–Kier alpha value is -4.19. The van der Waals surface area contributed by atoms with Crippen LogP contribution in [-0.2, 0) is 11.3 Å². The van der Waals surface area contributed by atoms with Crippen molar-refractivity contribution in [2.45, 2.75) is 32.7 Å². The summed E-state index contributed by atoms with van der Waals surface area (Å²) in [6.07, 6.45) is 3.54. The van der Waals surface area contributed by atoms with Crippen molar-refractivity contribution in [2.75, 3.05) is 11.4 Å². The van der Waals surface area contributed by atoms with Crippen LogP contribution in [0.25, 0.3) is 11.1 Å². The Morgan fingerprint density at radius 1 is 1.25 bits per heavy atom. The van der Waals surface area contributed by atoms with E-state index in [1.807, 2.05) is 0 Å². The van der Waals surface area contributed by atoms with Crippen LogP contribution in [0.3, 0.4) is 0 Å². The SMILES string of the molecule is Cc1cc(N2CC[C@@](C#N)(C3CC3)C2=O)cc(C(=O)NCc2cc(F)cc(-c3cccnc3F)c2)n1. The van der Waals surface area contributed by atoms with Gasteiger partial charge in [0.2, 0.25) is 11.9 Å². The first-order chi connectivity index (χ1) is 17.3. The molecule has 9 heteroatoms. The molecule has 36 heavy (non-hydrogen) atoms. The summed E-state index contributed by atoms with van der Waals surface area (Å²) in [5.41, 5.74) is 1.10. The van der Waals surface area contributed by atoms with Crippen LogP contribution in [0.4, 0.5) is 14.5 Å². The summed E-state index contributed by atoms with van der Waals surface area (Å²) in [6, 6.07) is 12.6. The fourth-order valence-corrected chi connectivity index (χ4v) is 4.84. The van der Waals surface area contributed by atoms with Crippen LogP contribution < -0.4 is 10.2 Å². The van der Waals surface area contributed by atoms with Crippen LogP contribution in [0.15, 0.2) is 48.7 Å². The van der Waals surface area contributed by atoms with E-state index in [-0.39, 0.29) is 29.6 Å². The molecule has 1 aliphatic heterocycles. The van der Waals surface area contributed by atoms with Gasteiger partial charge in [0.1, 0.15) is 16.9 Å². The maximum absolute atomic E-state index is 14.2. The monoisotopic (exact) mass is 487 g/mol. The number of carbonyl (C=O) groups excluding carboxylic acids is 2. The highest BCUT2D eigenvalue weighted by Crippen LogP contribution is 2.51. The summed E-state index contributed by atoms with van der Waals surface area (Å²) in [4.78, 5) is 35.5. The quantitative estimate of drug-likeness (QED) is 0.522. The van der Waals surface area contributed by atoms with Gasteiger partial charge in [0, 0.05) is 36.2 Å². The number of rotatable bonds is 6. The van der Waals surface area contributed by atoms with E-state index in [0.29, 0.717) is 35.5 Å². The predicted octanol–water partition coefficient (Wildman–Crippen LogP) is 4.32. The Balaban J connectivity index is 1.34. The van der Waals surface area contributed by atoms with E-state index < -0.39 is 23.1 Å². The van der Waals surface area contributed by atoms with Crippen LogP contribution in [-0.4, -0.2) is 28.3 Å². The summed E-state index contributed by atoms with van der Waals surface area (Å²) < 4.78 is 28.3. The number of nitrogens with zero attached hydrogens (tertiary/aromatic N) is 4. The molecule has 0 spiro atoms. The first-order valence-electron chi connectivity index (χ1n) is 11.7. The minimum absolute atomic E-state index is 0.0156. The highest BCUT2D eigenvalue weighted by Gasteiger charge is 2.56. The summed E-state index contributed by atoms with van der Waals surface area (Å²) >= 11 is 0. The fourth-order valence-electron chi connectivity index (χ4n) is 4.84. The lowest BCUT2D eigenvalue weighted by molar-refractivity contribution is -0.123. The van der Waals surface area contributed by atoms with Gasteiger partial charge in [-0.3, -0.25) is 9.59 Å². The molecule has 1 saturated heterocycles. The van der Waals surface area contributed by atoms with E-state index in [1.54, 1.807) is 30.0 Å². The molecule has 0 bridgehead atoms. The van der Waals surface area contributed by atoms with Gasteiger partial charge >= 0.3 is 0 Å². The first-order valence-corrected chi connectivity index (χ1v) is 11.7. The van der Waals surface area contributed by atoms with Gasteiger partial charge < -0.3 is 10.2 Å². The predicted molar refractivity (Wildman–Crippen MR) is 127 cm³/mol. The zero-order chi connectivity index (χ0) is 25.4. The Morgan fingerprint density at radius 3 is 2.78 bits per heavy atom. The number of nitriles is 1. The molecule has 182 valence electrons. The van der Waals surface area contributed by atoms with Gasteiger partial charge in [0.05, 0.1) is 6.07 Å². The van der Waals surface area contributed by atoms with Gasteiger partial charge in [0.25, 0.3) is 5.91 Å². The Morgan fingerprint density at radius 2 is 2.06 bits per heavy atom. The average molecular weight is 488 g/mol. The molecule has 1 saturated carbocycles. The number of carbonyl (C=O) groups is 2. The van der Waals surface area contributed by atoms with Crippen LogP contribution in [0.2, 0.25) is 0 Å². The summed E-state index contributed by atoms with van der Waals surface area (Å²) in [7, 11) is 0. The molecule has 2 aromatic heterocycles. The van der Waals surface area contributed by atoms with Crippen LogP contribution in [0, 0.1) is 41.4 Å². The van der Waals surface area contributed by atoms with Gasteiger partial charge in [-0.15, -0.1) is 0 Å². The third kappa shape index (κ3) is 4.31. The summed E-state index contributed by atoms with van der Waals surface area (Å²) in [6.45, 7) is 2.11. The lowest BCUT2D eigenvalue weighted by Gasteiger charge is -2.21. The lowest BCUT2D eigenvalue weighted by atomic mass is 9.83. The number of aryl methyl sites for hydroxylation is 1. The van der Waals surface area contributed by atoms with Gasteiger partial charge in [-0.2, -0.15) is 9.65 Å². The second-order valence-corrected chi connectivity index (χ2v) is 9.29. The number of hydrogen-bond donors (Lipinski definition) is 1. The van der Waals surface area contributed by atoms with E-state index in [9.17, 15) is 23.6 Å². The summed E-state index contributed by atoms with van der Waals surface area (Å²) in [5.74, 6) is -1.91. The number of benzene rings is 1. The van der Waals surface area contributed by atoms with E-state index in [2.05, 4.69) is 21.4 Å². The van der Waals surface area contributed by atoms with E-state index >= 15 is 0 Å². The Bertz CT molecular complexity index is 1420. The van der Waals surface area contributed by atoms with Crippen LogP contribution in [0.5, 0.6) is 0 Å². The Kier molecular flexibility index (Phi) is 5.96. The van der Waals surface area contributed by atoms with E-state index in [1.165, 1.54) is 30.5 Å². The van der Waals surface area contributed by atoms with Gasteiger partial charge in [-0.1, -0.05) is 0 Å². The smallest absolute Gasteiger partial charge is 0.270 e. The van der Waals surface area contributed by atoms with Crippen molar-refractivity contribution in [3.05, 3.63) is 77.4 Å². The zero-order valence-electron chi connectivity index (χ0n) is 19.6. The number of hydrogen-bond acceptors (Lipinski definition) is 5. The topological polar surface area (TPSA) is 99.0 Å². The second kappa shape index (κ2) is 9.11. The Labute approximate surface area is 206 Å². The number of pyridine rings is 2. The first kappa shape index (κ1) is 23.5. The number of aromatic nitrogens is 2. The molecule has 3 aromatic rings. The van der Waals surface area contributed by atoms with Crippen molar-refractivity contribution >= 4 is 17.5 Å². The zero-order valence-corrected chi connectivity index (χ0v) is 19.6. The molecule has 1 N–H and O–H groups in total. The van der Waals surface area contributed by atoms with Crippen molar-refractivity contribution in [1.82, 2.24) is 15.3 Å². The van der Waals surface area contributed by atoms with Crippen molar-refractivity contribution in [3.63, 3.8) is 0 Å². The molecule has 5 rings (SSSR count). The van der Waals surface area contributed by atoms with Gasteiger partial charge in [-0.25, -0.2) is 14.4 Å². The third-order valence-electron chi connectivity index (χ3n) is 6.79. The van der Waals surface area contributed by atoms with Crippen molar-refractivity contribution < 1.29 is 18.4 Å². The second-order valence-electron chi connectivity index (χ2n) is 9.29. The van der Waals surface area contributed by atoms with Gasteiger partial charge in [-0.05, 0) is 85.7 Å². The van der Waals surface area contributed by atoms with E-state index in [0.717, 1.165) is 12.8 Å². The minimum atomic E-state index is -0.984. The lowest BCUT2D eigenvalue weighted by Crippen LogP contribution is -2.35. The van der Waals surface area contributed by atoms with Crippen molar-refractivity contribution in [3.8, 4) is 17.2 Å². The standard InChI is InChI=1S/C27H23F2N5O2/c1-16-9-21(34-8-6-27(15-30,26(34)36)19-4-5-19)13-23(33-16)25(35)32-14-17-10-18(12-20(28)11-17)22-3-2-7-31-24(22)29/h2-3,7,9-13,19H,4-6,8,14H2,1H3,(H,32,35)/t27-/m1/s1. The molecule has 0 unspecified atom stereocenters. The molecule has 1 aromatic carbocycles. The van der Waals surface area contributed by atoms with Crippen LogP contribution in [0.1, 0.15) is 41.0 Å². The van der Waals surface area contributed by atoms with Crippen molar-refractivity contribution in [2.24, 2.45) is 11.3 Å². The molecule has 7 nitrogen and oxygen atoms in total. The number of amides is 2. The normalized spacial score (nSPS) is 19.3. The molecule has 2 fully saturated rings. The van der Waals surface area contributed by atoms with Crippen molar-refractivity contribution in [1.29, 1.82) is 5.26 Å². The number of anilines is 1. The molecule has 2 aliphatic rings. The average Bonchev–Trinajstić information content (AvgIpc) is 3.65. The van der Waals surface area contributed by atoms with Gasteiger partial charge in [0.15, 0.2) is 0 Å². The number of nitrogens with one attached hydrogen (secondary N) is 1. The number of halogens is 2. The third-order valence-corrected chi connectivity index (χ3v) is 6.79. The molecule has 0 radical (unpaired) electrons. The minimum Gasteiger partial charge on any atom is -0.347 e. The maximum atomic E-state index is 14.2. The molecule has 3 heterocycles. The molecule has 1 aliphatic carbocycles. The molecular formula is C27H23F2N5O2. The fraction of sp³-hybridized carbons (Fsp3) is 0.296. The highest BCUT2D eigenvalue weighted by molar-refractivity contribution is 6.03. The molecule has 1 atom stereocenters. The van der Waals surface area contributed by atoms with Crippen LogP contribution >= 0.6 is 0 Å². The maximum Gasteiger partial charge on any atom is 0.270 e. The molecule has 2 amide bonds. The highest BCUT2D eigenvalue weighted by atomic mass is 19.1.